The molecule has 0 atom stereocenters. The highest BCUT2D eigenvalue weighted by molar-refractivity contribution is 7.99. The molecule has 3 aromatic carbocycles. The number of sulfonamides is 1. The number of aryl methyl sites for hydroxylation is 2. The summed E-state index contributed by atoms with van der Waals surface area (Å²) in [5.41, 5.74) is 3.71. The van der Waals surface area contributed by atoms with Gasteiger partial charge in [-0.1, -0.05) is 41.6 Å². The van der Waals surface area contributed by atoms with Crippen LogP contribution in [-0.2, 0) is 26.1 Å². The van der Waals surface area contributed by atoms with Crippen LogP contribution in [0, 0.1) is 13.8 Å². The number of ether oxygens (including phenoxy) is 1. The summed E-state index contributed by atoms with van der Waals surface area (Å²) in [6, 6.07) is 18.7. The first-order valence-electron chi connectivity index (χ1n) is 13.8. The Hall–Kier alpha value is -3.75. The second-order valence-corrected chi connectivity index (χ2v) is 13.4. The molecule has 11 nitrogen and oxygen atoms in total. The Bertz CT molecular complexity index is 1770. The van der Waals surface area contributed by atoms with Gasteiger partial charge in [-0.15, -0.1) is 10.2 Å². The van der Waals surface area contributed by atoms with E-state index in [0.717, 1.165) is 16.8 Å². The van der Waals surface area contributed by atoms with Crippen LogP contribution in [0.1, 0.15) is 27.3 Å². The van der Waals surface area contributed by atoms with Gasteiger partial charge in [-0.2, -0.15) is 4.31 Å². The maximum Gasteiger partial charge on any atom is 0.251 e. The molecule has 2 N–H and O–H groups in total. The number of aromatic nitrogens is 3. The summed E-state index contributed by atoms with van der Waals surface area (Å²) in [6.45, 7) is 5.18. The molecule has 4 aromatic rings. The van der Waals surface area contributed by atoms with E-state index in [9.17, 15) is 18.0 Å². The van der Waals surface area contributed by atoms with Gasteiger partial charge in [0.25, 0.3) is 5.91 Å². The van der Waals surface area contributed by atoms with Crippen molar-refractivity contribution in [2.45, 2.75) is 30.4 Å². The molecule has 0 bridgehead atoms. The molecule has 2 heterocycles. The van der Waals surface area contributed by atoms with Gasteiger partial charge in [-0.3, -0.25) is 14.2 Å². The Morgan fingerprint density at radius 3 is 2.48 bits per heavy atom. The second kappa shape index (κ2) is 13.9. The minimum atomic E-state index is -3.67. The fourth-order valence-electron chi connectivity index (χ4n) is 4.55. The molecule has 5 rings (SSSR count). The van der Waals surface area contributed by atoms with Gasteiger partial charge in [-0.25, -0.2) is 8.42 Å². The van der Waals surface area contributed by atoms with Crippen LogP contribution >= 0.6 is 23.4 Å². The molecule has 230 valence electrons. The molecule has 2 amide bonds. The number of carbonyl (C=O) groups excluding carboxylic acids is 2. The fourth-order valence-corrected chi connectivity index (χ4v) is 6.91. The van der Waals surface area contributed by atoms with Crippen LogP contribution in [0.5, 0.6) is 0 Å². The summed E-state index contributed by atoms with van der Waals surface area (Å²) in [4.78, 5) is 25.9. The van der Waals surface area contributed by atoms with Crippen molar-refractivity contribution in [3.05, 3.63) is 94.3 Å². The molecular formula is C30H31ClN6O5S2. The highest BCUT2D eigenvalue weighted by Gasteiger charge is 2.26. The first-order valence-corrected chi connectivity index (χ1v) is 16.6. The van der Waals surface area contributed by atoms with Gasteiger partial charge in [0.05, 0.1) is 36.1 Å². The molecule has 1 aliphatic heterocycles. The molecule has 0 radical (unpaired) electrons. The van der Waals surface area contributed by atoms with Crippen molar-refractivity contribution in [3.63, 3.8) is 0 Å². The Balaban J connectivity index is 1.28. The Morgan fingerprint density at radius 2 is 1.75 bits per heavy atom. The van der Waals surface area contributed by atoms with Crippen LogP contribution in [0.4, 0.5) is 5.69 Å². The number of halogens is 1. The van der Waals surface area contributed by atoms with Gasteiger partial charge in [0.2, 0.25) is 15.9 Å². The number of carbonyl (C=O) groups is 2. The number of thioether (sulfide) groups is 1. The molecule has 14 heteroatoms. The standard InChI is InChI=1S/C30H31ClN6O5S2/c1-20-6-7-21(2)26(16-20)33-28(38)19-43-30-35-34-27(37(30)24-5-3-4-23(31)17-24)18-32-29(39)22-8-10-25(11-9-22)44(40,41)36-12-14-42-15-13-36/h3-11,16-17H,12-15,18-19H2,1-2H3,(H,32,39)(H,33,38). The van der Waals surface area contributed by atoms with E-state index in [0.29, 0.717) is 34.9 Å². The molecule has 0 spiro atoms. The zero-order valence-corrected chi connectivity index (χ0v) is 26.5. The van der Waals surface area contributed by atoms with Gasteiger partial charge >= 0.3 is 0 Å². The number of rotatable bonds is 10. The third kappa shape index (κ3) is 7.48. The summed E-state index contributed by atoms with van der Waals surface area (Å²) in [5.74, 6) is -0.107. The van der Waals surface area contributed by atoms with Crippen LogP contribution in [0.2, 0.25) is 5.02 Å². The third-order valence-corrected chi connectivity index (χ3v) is 9.97. The minimum absolute atomic E-state index is 0.0153. The summed E-state index contributed by atoms with van der Waals surface area (Å²) in [7, 11) is -3.67. The Kier molecular flexibility index (Phi) is 10.0. The smallest absolute Gasteiger partial charge is 0.251 e. The number of amides is 2. The molecule has 1 aromatic heterocycles. The zero-order chi connectivity index (χ0) is 31.3. The Morgan fingerprint density at radius 1 is 1.00 bits per heavy atom. The van der Waals surface area contributed by atoms with E-state index >= 15 is 0 Å². The summed E-state index contributed by atoms with van der Waals surface area (Å²) < 4.78 is 34.2. The van der Waals surface area contributed by atoms with E-state index in [1.54, 1.807) is 22.8 Å². The van der Waals surface area contributed by atoms with Crippen LogP contribution in [0.15, 0.2) is 76.8 Å². The van der Waals surface area contributed by atoms with Gasteiger partial charge < -0.3 is 15.4 Å². The third-order valence-electron chi connectivity index (χ3n) is 6.90. The first kappa shape index (κ1) is 31.7. The fraction of sp³-hybridized carbons (Fsp3) is 0.267. The Labute approximate surface area is 265 Å². The topological polar surface area (TPSA) is 136 Å². The lowest BCUT2D eigenvalue weighted by Crippen LogP contribution is -2.40. The van der Waals surface area contributed by atoms with Gasteiger partial charge in [0.15, 0.2) is 11.0 Å². The van der Waals surface area contributed by atoms with Gasteiger partial charge in [-0.05, 0) is 73.5 Å². The van der Waals surface area contributed by atoms with Gasteiger partial charge in [0, 0.05) is 29.4 Å². The van der Waals surface area contributed by atoms with Gasteiger partial charge in [0.1, 0.15) is 0 Å². The highest BCUT2D eigenvalue weighted by Crippen LogP contribution is 2.25. The van der Waals surface area contributed by atoms with E-state index < -0.39 is 15.9 Å². The van der Waals surface area contributed by atoms with Crippen molar-refractivity contribution in [1.29, 1.82) is 0 Å². The molecule has 0 saturated carbocycles. The average Bonchev–Trinajstić information content (AvgIpc) is 3.44. The van der Waals surface area contributed by atoms with Crippen molar-refractivity contribution in [2.24, 2.45) is 0 Å². The number of benzene rings is 3. The largest absolute Gasteiger partial charge is 0.379 e. The first-order chi connectivity index (χ1) is 21.1. The lowest BCUT2D eigenvalue weighted by atomic mass is 10.1. The number of hydrogen-bond donors (Lipinski definition) is 2. The van der Waals surface area contributed by atoms with Crippen molar-refractivity contribution in [2.75, 3.05) is 37.4 Å². The normalized spacial score (nSPS) is 13.9. The van der Waals surface area contributed by atoms with Crippen molar-refractivity contribution >= 4 is 50.9 Å². The summed E-state index contributed by atoms with van der Waals surface area (Å²) in [6.07, 6.45) is 0. The maximum atomic E-state index is 13.0. The molecule has 1 saturated heterocycles. The number of anilines is 1. The lowest BCUT2D eigenvalue weighted by Gasteiger charge is -2.26. The van der Waals surface area contributed by atoms with Crippen LogP contribution in [0.25, 0.3) is 5.69 Å². The van der Waals surface area contributed by atoms with E-state index in [-0.39, 0.29) is 41.8 Å². The molecular weight excluding hydrogens is 624 g/mol. The molecule has 1 aliphatic rings. The lowest BCUT2D eigenvalue weighted by molar-refractivity contribution is -0.113. The molecule has 0 unspecified atom stereocenters. The predicted molar refractivity (Wildman–Crippen MR) is 169 cm³/mol. The monoisotopic (exact) mass is 654 g/mol. The summed E-state index contributed by atoms with van der Waals surface area (Å²) in [5, 5.41) is 15.3. The van der Waals surface area contributed by atoms with Crippen LogP contribution < -0.4 is 10.6 Å². The van der Waals surface area contributed by atoms with Crippen molar-refractivity contribution in [1.82, 2.24) is 24.4 Å². The number of morpholine rings is 1. The van der Waals surface area contributed by atoms with Crippen molar-refractivity contribution in [3.8, 4) is 5.69 Å². The average molecular weight is 655 g/mol. The van der Waals surface area contributed by atoms with E-state index in [2.05, 4.69) is 20.8 Å². The van der Waals surface area contributed by atoms with Crippen LogP contribution in [-0.4, -0.2) is 71.4 Å². The van der Waals surface area contributed by atoms with Crippen LogP contribution in [0.3, 0.4) is 0 Å². The van der Waals surface area contributed by atoms with E-state index in [4.69, 9.17) is 16.3 Å². The molecule has 1 fully saturated rings. The number of hydrogen-bond acceptors (Lipinski definition) is 8. The maximum absolute atomic E-state index is 13.0. The minimum Gasteiger partial charge on any atom is -0.379 e. The highest BCUT2D eigenvalue weighted by atomic mass is 35.5. The SMILES string of the molecule is Cc1ccc(C)c(NC(=O)CSc2nnc(CNC(=O)c3ccc(S(=O)(=O)N4CCOCC4)cc3)n2-c2cccc(Cl)c2)c1. The predicted octanol–water partition coefficient (Wildman–Crippen LogP) is 4.22. The quantitative estimate of drug-likeness (QED) is 0.243. The molecule has 0 aliphatic carbocycles. The number of nitrogens with zero attached hydrogens (tertiary/aromatic N) is 4. The summed E-state index contributed by atoms with van der Waals surface area (Å²) >= 11 is 7.47. The molecule has 44 heavy (non-hydrogen) atoms. The number of nitrogens with one attached hydrogen (secondary N) is 2. The van der Waals surface area contributed by atoms with Crippen molar-refractivity contribution < 1.29 is 22.7 Å². The van der Waals surface area contributed by atoms with E-state index in [1.165, 1.54) is 40.3 Å². The second-order valence-electron chi connectivity index (χ2n) is 10.1. The van der Waals surface area contributed by atoms with E-state index in [1.807, 2.05) is 38.1 Å². The zero-order valence-electron chi connectivity index (χ0n) is 24.1.